The number of benzene rings is 1. The van der Waals surface area contributed by atoms with E-state index in [4.69, 9.17) is 0 Å². The SMILES string of the molecule is CC1CCCN(c2cc(NCc3cccc([N+](=O)[O-])c3)ncn2)C1. The quantitative estimate of drug-likeness (QED) is 0.670. The van der Waals surface area contributed by atoms with Gasteiger partial charge in [0.1, 0.15) is 18.0 Å². The Balaban J connectivity index is 1.66. The first-order valence-corrected chi connectivity index (χ1v) is 8.16. The highest BCUT2D eigenvalue weighted by Gasteiger charge is 2.17. The molecule has 24 heavy (non-hydrogen) atoms. The number of nitro benzene ring substituents is 1. The molecule has 1 N–H and O–H groups in total. The molecule has 1 fully saturated rings. The van der Waals surface area contributed by atoms with Crippen molar-refractivity contribution < 1.29 is 4.92 Å². The van der Waals surface area contributed by atoms with E-state index in [0.717, 1.165) is 30.3 Å². The van der Waals surface area contributed by atoms with Crippen molar-refractivity contribution in [1.29, 1.82) is 0 Å². The van der Waals surface area contributed by atoms with Gasteiger partial charge in [-0.25, -0.2) is 9.97 Å². The predicted molar refractivity (Wildman–Crippen MR) is 93.1 cm³/mol. The summed E-state index contributed by atoms with van der Waals surface area (Å²) in [6.07, 6.45) is 4.01. The molecule has 1 aromatic carbocycles. The van der Waals surface area contributed by atoms with Crippen LogP contribution in [0.5, 0.6) is 0 Å². The van der Waals surface area contributed by atoms with Gasteiger partial charge in [0, 0.05) is 37.8 Å². The molecule has 1 aliphatic heterocycles. The van der Waals surface area contributed by atoms with Gasteiger partial charge in [-0.15, -0.1) is 0 Å². The lowest BCUT2D eigenvalue weighted by Gasteiger charge is -2.31. The Morgan fingerprint density at radius 1 is 1.38 bits per heavy atom. The smallest absolute Gasteiger partial charge is 0.269 e. The topological polar surface area (TPSA) is 84.2 Å². The first-order valence-electron chi connectivity index (χ1n) is 8.16. The summed E-state index contributed by atoms with van der Waals surface area (Å²) in [5.74, 6) is 2.33. The molecule has 1 atom stereocenters. The largest absolute Gasteiger partial charge is 0.366 e. The van der Waals surface area contributed by atoms with Crippen LogP contribution in [0.15, 0.2) is 36.7 Å². The van der Waals surface area contributed by atoms with E-state index in [1.54, 1.807) is 18.5 Å². The fraction of sp³-hybridized carbons (Fsp3) is 0.412. The van der Waals surface area contributed by atoms with Gasteiger partial charge in [0.25, 0.3) is 5.69 Å². The van der Waals surface area contributed by atoms with E-state index >= 15 is 0 Å². The normalized spacial score (nSPS) is 17.5. The highest BCUT2D eigenvalue weighted by Crippen LogP contribution is 2.22. The standard InChI is InChI=1S/C17H21N5O2/c1-13-4-3-7-21(11-13)17-9-16(19-12-20-17)18-10-14-5-2-6-15(8-14)22(23)24/h2,5-6,8-9,12-13H,3-4,7,10-11H2,1H3,(H,18,19,20). The molecule has 7 nitrogen and oxygen atoms in total. The van der Waals surface area contributed by atoms with Crippen molar-refractivity contribution in [2.45, 2.75) is 26.3 Å². The Bertz CT molecular complexity index is 722. The molecule has 0 radical (unpaired) electrons. The summed E-state index contributed by atoms with van der Waals surface area (Å²) in [5.41, 5.74) is 0.941. The third kappa shape index (κ3) is 3.98. The van der Waals surface area contributed by atoms with E-state index in [2.05, 4.69) is 27.1 Å². The Kier molecular flexibility index (Phi) is 4.88. The fourth-order valence-corrected chi connectivity index (χ4v) is 2.99. The molecule has 1 aliphatic rings. The highest BCUT2D eigenvalue weighted by atomic mass is 16.6. The van der Waals surface area contributed by atoms with Crippen molar-refractivity contribution in [3.63, 3.8) is 0 Å². The summed E-state index contributed by atoms with van der Waals surface area (Å²) in [7, 11) is 0. The number of nitro groups is 1. The minimum Gasteiger partial charge on any atom is -0.366 e. The van der Waals surface area contributed by atoms with Crippen LogP contribution < -0.4 is 10.2 Å². The van der Waals surface area contributed by atoms with E-state index in [1.165, 1.54) is 18.9 Å². The molecule has 0 saturated carbocycles. The summed E-state index contributed by atoms with van der Waals surface area (Å²) in [5, 5.41) is 14.1. The van der Waals surface area contributed by atoms with E-state index in [0.29, 0.717) is 12.5 Å². The zero-order chi connectivity index (χ0) is 16.9. The number of hydrogen-bond acceptors (Lipinski definition) is 6. The van der Waals surface area contributed by atoms with Gasteiger partial charge in [0.15, 0.2) is 0 Å². The minimum atomic E-state index is -0.385. The molecule has 1 unspecified atom stereocenters. The van der Waals surface area contributed by atoms with Gasteiger partial charge in [-0.3, -0.25) is 10.1 Å². The van der Waals surface area contributed by atoms with Crippen LogP contribution in [0, 0.1) is 16.0 Å². The van der Waals surface area contributed by atoms with E-state index in [-0.39, 0.29) is 10.6 Å². The van der Waals surface area contributed by atoms with Gasteiger partial charge in [0.05, 0.1) is 4.92 Å². The predicted octanol–water partition coefficient (Wildman–Crippen LogP) is 3.23. The molecule has 7 heteroatoms. The van der Waals surface area contributed by atoms with Gasteiger partial charge in [-0.2, -0.15) is 0 Å². The van der Waals surface area contributed by atoms with E-state index in [9.17, 15) is 10.1 Å². The molecule has 0 aliphatic carbocycles. The van der Waals surface area contributed by atoms with Crippen LogP contribution in [0.2, 0.25) is 0 Å². The number of rotatable bonds is 5. The molecule has 0 bridgehead atoms. The van der Waals surface area contributed by atoms with Gasteiger partial charge < -0.3 is 10.2 Å². The second-order valence-electron chi connectivity index (χ2n) is 6.24. The van der Waals surface area contributed by atoms with Crippen LogP contribution in [-0.4, -0.2) is 28.0 Å². The molecule has 1 aromatic heterocycles. The third-order valence-electron chi connectivity index (χ3n) is 4.23. The Hall–Kier alpha value is -2.70. The van der Waals surface area contributed by atoms with Gasteiger partial charge >= 0.3 is 0 Å². The molecule has 1 saturated heterocycles. The van der Waals surface area contributed by atoms with Gasteiger partial charge in [0.2, 0.25) is 0 Å². The summed E-state index contributed by atoms with van der Waals surface area (Å²) in [6, 6.07) is 8.55. The van der Waals surface area contributed by atoms with Crippen molar-refractivity contribution in [1.82, 2.24) is 9.97 Å². The van der Waals surface area contributed by atoms with Gasteiger partial charge in [-0.05, 0) is 24.3 Å². The summed E-state index contributed by atoms with van der Waals surface area (Å²) < 4.78 is 0. The van der Waals surface area contributed by atoms with Crippen LogP contribution in [0.1, 0.15) is 25.3 Å². The maximum atomic E-state index is 10.8. The monoisotopic (exact) mass is 327 g/mol. The Morgan fingerprint density at radius 2 is 2.25 bits per heavy atom. The number of non-ortho nitro benzene ring substituents is 1. The number of nitrogens with zero attached hydrogens (tertiary/aromatic N) is 4. The van der Waals surface area contributed by atoms with Crippen LogP contribution >= 0.6 is 0 Å². The zero-order valence-corrected chi connectivity index (χ0v) is 13.7. The second-order valence-corrected chi connectivity index (χ2v) is 6.24. The van der Waals surface area contributed by atoms with Crippen LogP contribution in [0.4, 0.5) is 17.3 Å². The number of hydrogen-bond donors (Lipinski definition) is 1. The number of aromatic nitrogens is 2. The maximum Gasteiger partial charge on any atom is 0.269 e. The number of nitrogens with one attached hydrogen (secondary N) is 1. The first kappa shape index (κ1) is 16.2. The van der Waals surface area contributed by atoms with Crippen molar-refractivity contribution in [3.8, 4) is 0 Å². The Labute approximate surface area is 140 Å². The Morgan fingerprint density at radius 3 is 3.04 bits per heavy atom. The van der Waals surface area contributed by atoms with Crippen LogP contribution in [-0.2, 0) is 6.54 Å². The number of anilines is 2. The molecule has 2 aromatic rings. The highest BCUT2D eigenvalue weighted by molar-refractivity contribution is 5.49. The molecule has 2 heterocycles. The second kappa shape index (κ2) is 7.25. The number of piperidine rings is 1. The van der Waals surface area contributed by atoms with Crippen molar-refractivity contribution >= 4 is 17.3 Å². The fourth-order valence-electron chi connectivity index (χ4n) is 2.99. The van der Waals surface area contributed by atoms with Crippen LogP contribution in [0.25, 0.3) is 0 Å². The zero-order valence-electron chi connectivity index (χ0n) is 13.7. The van der Waals surface area contributed by atoms with Crippen LogP contribution in [0.3, 0.4) is 0 Å². The maximum absolute atomic E-state index is 10.8. The van der Waals surface area contributed by atoms with Crippen molar-refractivity contribution in [2.75, 3.05) is 23.3 Å². The lowest BCUT2D eigenvalue weighted by molar-refractivity contribution is -0.384. The summed E-state index contributed by atoms with van der Waals surface area (Å²) in [6.45, 7) is 4.77. The minimum absolute atomic E-state index is 0.0972. The lowest BCUT2D eigenvalue weighted by atomic mass is 10.0. The third-order valence-corrected chi connectivity index (χ3v) is 4.23. The van der Waals surface area contributed by atoms with E-state index in [1.807, 2.05) is 12.1 Å². The average molecular weight is 327 g/mol. The molecule has 126 valence electrons. The molecule has 0 amide bonds. The van der Waals surface area contributed by atoms with Gasteiger partial charge in [-0.1, -0.05) is 19.1 Å². The first-order chi connectivity index (χ1) is 11.6. The molecule has 3 rings (SSSR count). The molecular formula is C17H21N5O2. The van der Waals surface area contributed by atoms with Crippen molar-refractivity contribution in [2.24, 2.45) is 5.92 Å². The summed E-state index contributed by atoms with van der Waals surface area (Å²) in [4.78, 5) is 21.4. The lowest BCUT2D eigenvalue weighted by Crippen LogP contribution is -2.34. The van der Waals surface area contributed by atoms with E-state index < -0.39 is 0 Å². The summed E-state index contributed by atoms with van der Waals surface area (Å²) >= 11 is 0. The average Bonchev–Trinajstić information content (AvgIpc) is 2.60. The molecule has 0 spiro atoms. The van der Waals surface area contributed by atoms with Crippen molar-refractivity contribution in [3.05, 3.63) is 52.3 Å². The molecular weight excluding hydrogens is 306 g/mol.